The van der Waals surface area contributed by atoms with Gasteiger partial charge in [-0.05, 0) is 12.3 Å². The molecule has 0 spiro atoms. The Hall–Kier alpha value is -1.52. The van der Waals surface area contributed by atoms with Crippen LogP contribution in [0.5, 0.6) is 5.88 Å². The lowest BCUT2D eigenvalue weighted by Gasteiger charge is -2.16. The van der Waals surface area contributed by atoms with Crippen molar-refractivity contribution in [1.82, 2.24) is 9.97 Å². The second-order valence-corrected chi connectivity index (χ2v) is 6.14. The smallest absolute Gasteiger partial charge is 0.242 e. The number of nitrogens with zero attached hydrogens (tertiary/aromatic N) is 2. The minimum Gasteiger partial charge on any atom is -0.476 e. The highest BCUT2D eigenvalue weighted by molar-refractivity contribution is 5.67. The lowest BCUT2D eigenvalue weighted by atomic mass is 10.2. The third kappa shape index (κ3) is 5.78. The van der Waals surface area contributed by atoms with Crippen molar-refractivity contribution in [1.29, 1.82) is 0 Å². The molecule has 0 atom stereocenters. The summed E-state index contributed by atoms with van der Waals surface area (Å²) < 4.78 is 5.74. The van der Waals surface area contributed by atoms with E-state index in [1.807, 2.05) is 0 Å². The molecule has 0 saturated heterocycles. The highest BCUT2D eigenvalue weighted by Crippen LogP contribution is 2.28. The number of ether oxygens (including phenoxy) is 1. The second kappa shape index (κ2) is 8.70. The molecule has 0 fully saturated rings. The van der Waals surface area contributed by atoms with Crippen LogP contribution in [0.4, 0.5) is 11.5 Å². The van der Waals surface area contributed by atoms with Gasteiger partial charge in [-0.1, -0.05) is 47.5 Å². The largest absolute Gasteiger partial charge is 0.476 e. The first-order valence-electron chi connectivity index (χ1n) is 7.99. The van der Waals surface area contributed by atoms with Gasteiger partial charge in [-0.2, -0.15) is 4.98 Å². The van der Waals surface area contributed by atoms with Gasteiger partial charge in [0.1, 0.15) is 11.5 Å². The molecule has 21 heavy (non-hydrogen) atoms. The summed E-state index contributed by atoms with van der Waals surface area (Å²) in [7, 11) is 0. The maximum atomic E-state index is 6.14. The molecule has 120 valence electrons. The molecule has 1 aromatic heterocycles. The summed E-state index contributed by atoms with van der Waals surface area (Å²) in [5.74, 6) is 2.64. The van der Waals surface area contributed by atoms with Gasteiger partial charge in [-0.15, -0.1) is 0 Å². The van der Waals surface area contributed by atoms with E-state index in [-0.39, 0.29) is 5.92 Å². The van der Waals surface area contributed by atoms with E-state index < -0.39 is 0 Å². The molecule has 0 aromatic carbocycles. The monoisotopic (exact) mass is 294 g/mol. The van der Waals surface area contributed by atoms with Crippen molar-refractivity contribution in [2.45, 2.75) is 59.8 Å². The van der Waals surface area contributed by atoms with E-state index in [1.54, 1.807) is 0 Å². The first-order valence-corrected chi connectivity index (χ1v) is 7.99. The van der Waals surface area contributed by atoms with Gasteiger partial charge in [0.15, 0.2) is 5.82 Å². The fraction of sp³-hybridized carbons (Fsp3) is 0.750. The number of aromatic nitrogens is 2. The van der Waals surface area contributed by atoms with Crippen molar-refractivity contribution in [2.24, 2.45) is 5.92 Å². The van der Waals surface area contributed by atoms with Gasteiger partial charge in [0, 0.05) is 12.5 Å². The number of hydrogen-bond donors (Lipinski definition) is 2. The molecule has 0 radical (unpaired) electrons. The summed E-state index contributed by atoms with van der Waals surface area (Å²) in [5.41, 5.74) is 6.65. The van der Waals surface area contributed by atoms with Crippen molar-refractivity contribution >= 4 is 11.5 Å². The number of rotatable bonds is 9. The molecule has 0 saturated carbocycles. The van der Waals surface area contributed by atoms with E-state index in [1.165, 1.54) is 12.8 Å². The minimum atomic E-state index is 0.239. The molecule has 0 aliphatic heterocycles. The lowest BCUT2D eigenvalue weighted by Crippen LogP contribution is -2.14. The third-order valence-corrected chi connectivity index (χ3v) is 3.07. The standard InChI is InChI=1S/C16H30N4O/c1-6-7-8-9-18-15-13(17)16(21-10-11(2)3)20-14(19-15)12(4)5/h11-12H,6-10,17H2,1-5H3,(H,18,19,20). The molecule has 0 bridgehead atoms. The molecule has 1 aromatic rings. The summed E-state index contributed by atoms with van der Waals surface area (Å²) >= 11 is 0. The van der Waals surface area contributed by atoms with Crippen LogP contribution in [-0.2, 0) is 0 Å². The maximum Gasteiger partial charge on any atom is 0.242 e. The number of nitrogens with one attached hydrogen (secondary N) is 1. The van der Waals surface area contributed by atoms with Crippen LogP contribution in [0.1, 0.15) is 65.6 Å². The Kier molecular flexibility index (Phi) is 7.26. The van der Waals surface area contributed by atoms with Crippen molar-refractivity contribution in [2.75, 3.05) is 24.2 Å². The normalized spacial score (nSPS) is 11.2. The Morgan fingerprint density at radius 3 is 2.43 bits per heavy atom. The Bertz CT molecular complexity index is 433. The summed E-state index contributed by atoms with van der Waals surface area (Å²) in [4.78, 5) is 8.98. The number of nitrogens with two attached hydrogens (primary N) is 1. The van der Waals surface area contributed by atoms with Crippen LogP contribution in [0.2, 0.25) is 0 Å². The summed E-state index contributed by atoms with van der Waals surface area (Å²) in [6.07, 6.45) is 3.51. The predicted molar refractivity (Wildman–Crippen MR) is 88.9 cm³/mol. The van der Waals surface area contributed by atoms with Crippen molar-refractivity contribution < 1.29 is 4.74 Å². The number of anilines is 2. The van der Waals surface area contributed by atoms with Crippen LogP contribution >= 0.6 is 0 Å². The summed E-state index contributed by atoms with van der Waals surface area (Å²) in [6.45, 7) is 12.0. The van der Waals surface area contributed by atoms with Crippen LogP contribution < -0.4 is 15.8 Å². The molecule has 3 N–H and O–H groups in total. The van der Waals surface area contributed by atoms with Crippen LogP contribution in [-0.4, -0.2) is 23.1 Å². The zero-order valence-corrected chi connectivity index (χ0v) is 14.1. The molecule has 0 aliphatic rings. The Morgan fingerprint density at radius 2 is 1.86 bits per heavy atom. The Balaban J connectivity index is 2.88. The minimum absolute atomic E-state index is 0.239. The first-order chi connectivity index (χ1) is 9.95. The van der Waals surface area contributed by atoms with E-state index in [9.17, 15) is 0 Å². The van der Waals surface area contributed by atoms with Crippen molar-refractivity contribution in [3.8, 4) is 5.88 Å². The molecule has 5 heteroatoms. The van der Waals surface area contributed by atoms with Crippen molar-refractivity contribution in [3.05, 3.63) is 5.82 Å². The molecule has 0 aliphatic carbocycles. The van der Waals surface area contributed by atoms with Gasteiger partial charge in [0.2, 0.25) is 5.88 Å². The van der Waals surface area contributed by atoms with Crippen LogP contribution in [0, 0.1) is 5.92 Å². The van der Waals surface area contributed by atoms with Crippen LogP contribution in [0.15, 0.2) is 0 Å². The Morgan fingerprint density at radius 1 is 1.14 bits per heavy atom. The topological polar surface area (TPSA) is 73.1 Å². The van der Waals surface area contributed by atoms with Gasteiger partial charge in [-0.3, -0.25) is 0 Å². The van der Waals surface area contributed by atoms with Gasteiger partial charge >= 0.3 is 0 Å². The van der Waals surface area contributed by atoms with E-state index >= 15 is 0 Å². The number of nitrogen functional groups attached to an aromatic ring is 1. The summed E-state index contributed by atoms with van der Waals surface area (Å²) in [6, 6.07) is 0. The molecule has 0 unspecified atom stereocenters. The van der Waals surface area contributed by atoms with E-state index in [0.29, 0.717) is 29.9 Å². The van der Waals surface area contributed by atoms with E-state index in [4.69, 9.17) is 10.5 Å². The molecule has 0 amide bonds. The van der Waals surface area contributed by atoms with Crippen LogP contribution in [0.25, 0.3) is 0 Å². The maximum absolute atomic E-state index is 6.14. The third-order valence-electron chi connectivity index (χ3n) is 3.07. The van der Waals surface area contributed by atoms with Crippen molar-refractivity contribution in [3.63, 3.8) is 0 Å². The summed E-state index contributed by atoms with van der Waals surface area (Å²) in [5, 5.41) is 3.31. The molecule has 5 nitrogen and oxygen atoms in total. The van der Waals surface area contributed by atoms with Crippen LogP contribution in [0.3, 0.4) is 0 Å². The highest BCUT2D eigenvalue weighted by atomic mass is 16.5. The average Bonchev–Trinajstić information content (AvgIpc) is 2.43. The van der Waals surface area contributed by atoms with Gasteiger partial charge in [0.25, 0.3) is 0 Å². The highest BCUT2D eigenvalue weighted by Gasteiger charge is 2.15. The molecule has 1 heterocycles. The second-order valence-electron chi connectivity index (χ2n) is 6.14. The van der Waals surface area contributed by atoms with Gasteiger partial charge in [0.05, 0.1) is 6.61 Å². The fourth-order valence-corrected chi connectivity index (χ4v) is 1.80. The molecule has 1 rings (SSSR count). The van der Waals surface area contributed by atoms with Gasteiger partial charge < -0.3 is 15.8 Å². The average molecular weight is 294 g/mol. The van der Waals surface area contributed by atoms with Gasteiger partial charge in [-0.25, -0.2) is 4.98 Å². The zero-order valence-electron chi connectivity index (χ0n) is 14.1. The fourth-order valence-electron chi connectivity index (χ4n) is 1.80. The molecular formula is C16H30N4O. The lowest BCUT2D eigenvalue weighted by molar-refractivity contribution is 0.261. The first kappa shape index (κ1) is 17.5. The SMILES string of the molecule is CCCCCNc1nc(C(C)C)nc(OCC(C)C)c1N. The van der Waals surface area contributed by atoms with E-state index in [2.05, 4.69) is 49.9 Å². The zero-order chi connectivity index (χ0) is 15.8. The number of unbranched alkanes of at least 4 members (excludes halogenated alkanes) is 2. The predicted octanol–water partition coefficient (Wildman–Crippen LogP) is 3.82. The quantitative estimate of drug-likeness (QED) is 0.677. The Labute approximate surface area is 128 Å². The van der Waals surface area contributed by atoms with E-state index in [0.717, 1.165) is 18.8 Å². The molecular weight excluding hydrogens is 264 g/mol. The number of hydrogen-bond acceptors (Lipinski definition) is 5.